The molecule has 0 saturated carbocycles. The van der Waals surface area contributed by atoms with Crippen LogP contribution in [0.15, 0.2) is 6.20 Å². The standard InChI is InChI=1S/C14H20ClN5O2/c1-2-5-16-11(21)9-17-13(22)12-10(15)8-18-14(19-12)20-6-3-4-7-20/h8H,2-7,9H2,1H3,(H,16,21)(H,17,22). The van der Waals surface area contributed by atoms with Crippen LogP contribution in [-0.2, 0) is 4.79 Å². The third-order valence-corrected chi connectivity index (χ3v) is 3.59. The Labute approximate surface area is 134 Å². The average Bonchev–Trinajstić information content (AvgIpc) is 3.05. The van der Waals surface area contributed by atoms with Crippen LogP contribution in [0.1, 0.15) is 36.7 Å². The van der Waals surface area contributed by atoms with Gasteiger partial charge in [-0.2, -0.15) is 0 Å². The molecule has 1 aromatic rings. The van der Waals surface area contributed by atoms with E-state index in [1.807, 2.05) is 11.8 Å². The van der Waals surface area contributed by atoms with Gasteiger partial charge in [-0.3, -0.25) is 9.59 Å². The van der Waals surface area contributed by atoms with Gasteiger partial charge in [0.15, 0.2) is 5.69 Å². The molecule has 0 radical (unpaired) electrons. The molecule has 2 N–H and O–H groups in total. The highest BCUT2D eigenvalue weighted by Crippen LogP contribution is 2.19. The molecule has 0 atom stereocenters. The summed E-state index contributed by atoms with van der Waals surface area (Å²) in [5, 5.41) is 5.38. The molecule has 0 aliphatic carbocycles. The van der Waals surface area contributed by atoms with Gasteiger partial charge in [0.1, 0.15) is 0 Å². The Hall–Kier alpha value is -1.89. The van der Waals surface area contributed by atoms with E-state index in [0.29, 0.717) is 12.5 Å². The number of halogens is 1. The predicted octanol–water partition coefficient (Wildman–Crippen LogP) is 0.986. The van der Waals surface area contributed by atoms with Crippen LogP contribution in [0.5, 0.6) is 0 Å². The summed E-state index contributed by atoms with van der Waals surface area (Å²) in [7, 11) is 0. The summed E-state index contributed by atoms with van der Waals surface area (Å²) in [6.07, 6.45) is 4.45. The molecule has 0 unspecified atom stereocenters. The largest absolute Gasteiger partial charge is 0.355 e. The number of nitrogens with zero attached hydrogens (tertiary/aromatic N) is 3. The molecule has 8 heteroatoms. The second-order valence-corrected chi connectivity index (χ2v) is 5.50. The molecule has 2 rings (SSSR count). The zero-order valence-electron chi connectivity index (χ0n) is 12.6. The number of nitrogens with one attached hydrogen (secondary N) is 2. The fourth-order valence-electron chi connectivity index (χ4n) is 2.16. The average molecular weight is 326 g/mol. The van der Waals surface area contributed by atoms with Crippen molar-refractivity contribution in [3.05, 3.63) is 16.9 Å². The van der Waals surface area contributed by atoms with Crippen molar-refractivity contribution in [1.82, 2.24) is 20.6 Å². The van der Waals surface area contributed by atoms with Crippen LogP contribution in [0.3, 0.4) is 0 Å². The number of hydrogen-bond donors (Lipinski definition) is 2. The monoisotopic (exact) mass is 325 g/mol. The van der Waals surface area contributed by atoms with Gasteiger partial charge in [0.25, 0.3) is 5.91 Å². The molecular formula is C14H20ClN5O2. The number of hydrogen-bond acceptors (Lipinski definition) is 5. The molecule has 1 aliphatic heterocycles. The first kappa shape index (κ1) is 16.5. The molecule has 120 valence electrons. The number of rotatable bonds is 6. The van der Waals surface area contributed by atoms with E-state index in [4.69, 9.17) is 11.6 Å². The van der Waals surface area contributed by atoms with E-state index in [0.717, 1.165) is 32.4 Å². The van der Waals surface area contributed by atoms with Gasteiger partial charge in [-0.25, -0.2) is 9.97 Å². The Morgan fingerprint density at radius 3 is 2.73 bits per heavy atom. The fourth-order valence-corrected chi connectivity index (χ4v) is 2.33. The molecule has 0 spiro atoms. The topological polar surface area (TPSA) is 87.2 Å². The maximum Gasteiger partial charge on any atom is 0.272 e. The second kappa shape index (κ2) is 7.93. The van der Waals surface area contributed by atoms with Crippen LogP contribution >= 0.6 is 11.6 Å². The molecule has 7 nitrogen and oxygen atoms in total. The van der Waals surface area contributed by atoms with Crippen molar-refractivity contribution in [2.75, 3.05) is 31.1 Å². The van der Waals surface area contributed by atoms with Crippen molar-refractivity contribution in [2.45, 2.75) is 26.2 Å². The molecule has 2 amide bonds. The number of anilines is 1. The molecule has 1 fully saturated rings. The highest BCUT2D eigenvalue weighted by molar-refractivity contribution is 6.33. The van der Waals surface area contributed by atoms with E-state index < -0.39 is 5.91 Å². The van der Waals surface area contributed by atoms with Crippen molar-refractivity contribution in [3.63, 3.8) is 0 Å². The van der Waals surface area contributed by atoms with E-state index in [1.54, 1.807) is 0 Å². The van der Waals surface area contributed by atoms with Crippen LogP contribution in [0.25, 0.3) is 0 Å². The number of aromatic nitrogens is 2. The molecule has 1 aliphatic rings. The van der Waals surface area contributed by atoms with E-state index in [2.05, 4.69) is 20.6 Å². The zero-order valence-corrected chi connectivity index (χ0v) is 13.3. The van der Waals surface area contributed by atoms with Gasteiger partial charge in [0.05, 0.1) is 17.8 Å². The number of carbonyl (C=O) groups excluding carboxylic acids is 2. The Kier molecular flexibility index (Phi) is 5.94. The SMILES string of the molecule is CCCNC(=O)CNC(=O)c1nc(N2CCCC2)ncc1Cl. The van der Waals surface area contributed by atoms with Gasteiger partial charge in [-0.15, -0.1) is 0 Å². The summed E-state index contributed by atoms with van der Waals surface area (Å²) >= 11 is 5.99. The first-order valence-corrected chi connectivity index (χ1v) is 7.82. The summed E-state index contributed by atoms with van der Waals surface area (Å²) in [5.74, 6) is -0.206. The Morgan fingerprint density at radius 2 is 2.05 bits per heavy atom. The van der Waals surface area contributed by atoms with Crippen molar-refractivity contribution < 1.29 is 9.59 Å². The first-order valence-electron chi connectivity index (χ1n) is 7.44. The minimum Gasteiger partial charge on any atom is -0.355 e. The molecule has 0 bridgehead atoms. The smallest absolute Gasteiger partial charge is 0.272 e. The maximum absolute atomic E-state index is 12.1. The van der Waals surface area contributed by atoms with Crippen LogP contribution in [0, 0.1) is 0 Å². The molecule has 22 heavy (non-hydrogen) atoms. The molecule has 2 heterocycles. The summed E-state index contributed by atoms with van der Waals surface area (Å²) in [6.45, 7) is 4.20. The lowest BCUT2D eigenvalue weighted by molar-refractivity contribution is -0.120. The first-order chi connectivity index (χ1) is 10.6. The summed E-state index contributed by atoms with van der Waals surface area (Å²) in [4.78, 5) is 34.0. The van der Waals surface area contributed by atoms with E-state index in [-0.39, 0.29) is 23.2 Å². The van der Waals surface area contributed by atoms with Gasteiger partial charge < -0.3 is 15.5 Å². The van der Waals surface area contributed by atoms with E-state index >= 15 is 0 Å². The minimum absolute atomic E-state index is 0.0989. The van der Waals surface area contributed by atoms with Crippen molar-refractivity contribution in [3.8, 4) is 0 Å². The lowest BCUT2D eigenvalue weighted by atomic mass is 10.3. The van der Waals surface area contributed by atoms with Gasteiger partial charge in [-0.05, 0) is 19.3 Å². The quantitative estimate of drug-likeness (QED) is 0.814. The molecule has 1 aromatic heterocycles. The fraction of sp³-hybridized carbons (Fsp3) is 0.571. The molecule has 1 saturated heterocycles. The Balaban J connectivity index is 1.99. The van der Waals surface area contributed by atoms with E-state index in [1.165, 1.54) is 6.20 Å². The molecular weight excluding hydrogens is 306 g/mol. The predicted molar refractivity (Wildman–Crippen MR) is 84.1 cm³/mol. The van der Waals surface area contributed by atoms with Crippen molar-refractivity contribution in [2.24, 2.45) is 0 Å². The third kappa shape index (κ3) is 4.30. The highest BCUT2D eigenvalue weighted by atomic mass is 35.5. The normalized spacial score (nSPS) is 14.0. The summed E-state index contributed by atoms with van der Waals surface area (Å²) in [6, 6.07) is 0. The van der Waals surface area contributed by atoms with Crippen molar-refractivity contribution in [1.29, 1.82) is 0 Å². The zero-order chi connectivity index (χ0) is 15.9. The van der Waals surface area contributed by atoms with Crippen LogP contribution in [-0.4, -0.2) is 48.0 Å². The third-order valence-electron chi connectivity index (χ3n) is 3.32. The van der Waals surface area contributed by atoms with Gasteiger partial charge in [0.2, 0.25) is 11.9 Å². The Morgan fingerprint density at radius 1 is 1.32 bits per heavy atom. The van der Waals surface area contributed by atoms with Gasteiger partial charge in [0, 0.05) is 19.6 Å². The highest BCUT2D eigenvalue weighted by Gasteiger charge is 2.19. The number of carbonyl (C=O) groups is 2. The Bertz CT molecular complexity index is 546. The maximum atomic E-state index is 12.1. The molecule has 0 aromatic carbocycles. The lowest BCUT2D eigenvalue weighted by Crippen LogP contribution is -2.37. The van der Waals surface area contributed by atoms with E-state index in [9.17, 15) is 9.59 Å². The van der Waals surface area contributed by atoms with Gasteiger partial charge >= 0.3 is 0 Å². The van der Waals surface area contributed by atoms with Crippen molar-refractivity contribution >= 4 is 29.4 Å². The van der Waals surface area contributed by atoms with Crippen LogP contribution in [0.2, 0.25) is 5.02 Å². The lowest BCUT2D eigenvalue weighted by Gasteiger charge is -2.15. The van der Waals surface area contributed by atoms with Gasteiger partial charge in [-0.1, -0.05) is 18.5 Å². The summed E-state index contributed by atoms with van der Waals surface area (Å²) < 4.78 is 0. The minimum atomic E-state index is -0.473. The summed E-state index contributed by atoms with van der Waals surface area (Å²) in [5.41, 5.74) is 0.0989. The van der Waals surface area contributed by atoms with Crippen LogP contribution in [0.4, 0.5) is 5.95 Å². The van der Waals surface area contributed by atoms with Crippen LogP contribution < -0.4 is 15.5 Å². The second-order valence-electron chi connectivity index (χ2n) is 5.09. The number of amides is 2.